The molecule has 0 aromatic carbocycles. The van der Waals surface area contributed by atoms with Crippen LogP contribution in [0.1, 0.15) is 15.2 Å². The maximum Gasteiger partial charge on any atom is 0.281 e. The Morgan fingerprint density at radius 3 is 3.13 bits per heavy atom. The third kappa shape index (κ3) is 2.54. The molecule has 2 aromatic heterocycles. The Kier molecular flexibility index (Phi) is 2.94. The molecule has 76 valence electrons. The van der Waals surface area contributed by atoms with Gasteiger partial charge in [0.2, 0.25) is 0 Å². The van der Waals surface area contributed by atoms with Gasteiger partial charge in [0, 0.05) is 5.56 Å². The van der Waals surface area contributed by atoms with Gasteiger partial charge >= 0.3 is 0 Å². The molecular weight excluding hydrogens is 212 g/mol. The van der Waals surface area contributed by atoms with Crippen LogP contribution < -0.4 is 5.43 Å². The number of nitrogens with one attached hydrogen (secondary N) is 1. The lowest BCUT2D eigenvalue weighted by Gasteiger charge is -1.93. The van der Waals surface area contributed by atoms with E-state index in [2.05, 4.69) is 10.5 Å². The molecular formula is C10H8N2O2S. The van der Waals surface area contributed by atoms with Crippen LogP contribution in [0, 0.1) is 0 Å². The number of thiophene rings is 1. The largest absolute Gasteiger partial charge is 0.472 e. The van der Waals surface area contributed by atoms with E-state index < -0.39 is 0 Å². The number of nitrogens with zero attached hydrogens (tertiary/aromatic N) is 1. The van der Waals surface area contributed by atoms with Gasteiger partial charge in [-0.25, -0.2) is 5.43 Å². The third-order valence-electron chi connectivity index (χ3n) is 1.67. The van der Waals surface area contributed by atoms with Crippen LogP contribution in [-0.4, -0.2) is 12.1 Å². The molecule has 0 atom stereocenters. The number of hydrogen-bond acceptors (Lipinski definition) is 4. The summed E-state index contributed by atoms with van der Waals surface area (Å²) in [5.41, 5.74) is 3.23. The Morgan fingerprint density at radius 1 is 1.53 bits per heavy atom. The fourth-order valence-corrected chi connectivity index (χ4v) is 1.59. The first-order valence-corrected chi connectivity index (χ1v) is 5.13. The van der Waals surface area contributed by atoms with E-state index in [1.807, 2.05) is 11.4 Å². The lowest BCUT2D eigenvalue weighted by Crippen LogP contribution is -2.15. The summed E-state index contributed by atoms with van der Waals surface area (Å²) >= 11 is 1.37. The summed E-state index contributed by atoms with van der Waals surface area (Å²) in [7, 11) is 0. The van der Waals surface area contributed by atoms with Gasteiger partial charge in [0.1, 0.15) is 0 Å². The molecule has 2 rings (SSSR count). The minimum atomic E-state index is -0.204. The van der Waals surface area contributed by atoms with Gasteiger partial charge in [-0.3, -0.25) is 4.79 Å². The van der Waals surface area contributed by atoms with Gasteiger partial charge < -0.3 is 4.42 Å². The summed E-state index contributed by atoms with van der Waals surface area (Å²) < 4.78 is 4.84. The number of hydrazone groups is 1. The fraction of sp³-hybridized carbons (Fsp3) is 0. The van der Waals surface area contributed by atoms with Gasteiger partial charge in [-0.15, -0.1) is 11.3 Å². The van der Waals surface area contributed by atoms with Gasteiger partial charge in [-0.05, 0) is 17.5 Å². The Bertz CT molecular complexity index is 446. The molecule has 5 heteroatoms. The van der Waals surface area contributed by atoms with Crippen molar-refractivity contribution in [2.24, 2.45) is 5.10 Å². The second-order valence-corrected chi connectivity index (χ2v) is 3.68. The Hall–Kier alpha value is -1.88. The van der Waals surface area contributed by atoms with Crippen LogP contribution in [0.15, 0.2) is 45.6 Å². The number of carbonyl (C=O) groups is 1. The summed E-state index contributed by atoms with van der Waals surface area (Å²) in [6, 6.07) is 5.31. The molecule has 15 heavy (non-hydrogen) atoms. The highest BCUT2D eigenvalue weighted by Crippen LogP contribution is 2.07. The lowest BCUT2D eigenvalue weighted by atomic mass is 10.4. The van der Waals surface area contributed by atoms with E-state index in [4.69, 9.17) is 4.42 Å². The Labute approximate surface area is 90.2 Å². The predicted octanol–water partition coefficient (Wildman–Crippen LogP) is 2.10. The average Bonchev–Trinajstić information content (AvgIpc) is 2.90. The number of hydrogen-bond donors (Lipinski definition) is 1. The van der Waals surface area contributed by atoms with Crippen LogP contribution >= 0.6 is 11.3 Å². The van der Waals surface area contributed by atoms with Crippen LogP contribution in [0.2, 0.25) is 0 Å². The van der Waals surface area contributed by atoms with Crippen molar-refractivity contribution in [1.29, 1.82) is 0 Å². The second-order valence-electron chi connectivity index (χ2n) is 2.73. The maximum absolute atomic E-state index is 11.4. The standard InChI is InChI=1S/C10H8N2O2S/c13-10(9-2-1-5-15-9)12-11-6-8-3-4-14-7-8/h1-7H,(H,12,13)/b11-6-. The van der Waals surface area contributed by atoms with Crippen molar-refractivity contribution < 1.29 is 9.21 Å². The van der Waals surface area contributed by atoms with E-state index in [9.17, 15) is 4.79 Å². The van der Waals surface area contributed by atoms with Gasteiger partial charge in [0.25, 0.3) is 5.91 Å². The van der Waals surface area contributed by atoms with E-state index >= 15 is 0 Å². The monoisotopic (exact) mass is 220 g/mol. The number of rotatable bonds is 3. The van der Waals surface area contributed by atoms with Crippen molar-refractivity contribution in [2.75, 3.05) is 0 Å². The van der Waals surface area contributed by atoms with Crippen LogP contribution in [0.3, 0.4) is 0 Å². The molecule has 0 aliphatic rings. The number of furan rings is 1. The quantitative estimate of drug-likeness (QED) is 0.636. The molecule has 0 saturated carbocycles. The van der Waals surface area contributed by atoms with Crippen LogP contribution in [0.4, 0.5) is 0 Å². The zero-order valence-corrected chi connectivity index (χ0v) is 8.53. The first kappa shape index (κ1) is 9.67. The highest BCUT2D eigenvalue weighted by molar-refractivity contribution is 7.12. The first-order chi connectivity index (χ1) is 7.36. The maximum atomic E-state index is 11.4. The third-order valence-corrected chi connectivity index (χ3v) is 2.54. The van der Waals surface area contributed by atoms with E-state index in [0.29, 0.717) is 4.88 Å². The van der Waals surface area contributed by atoms with Gasteiger partial charge in [-0.2, -0.15) is 5.10 Å². The molecule has 4 nitrogen and oxygen atoms in total. The zero-order chi connectivity index (χ0) is 10.5. The van der Waals surface area contributed by atoms with Crippen molar-refractivity contribution in [3.8, 4) is 0 Å². The molecule has 0 radical (unpaired) electrons. The molecule has 0 unspecified atom stereocenters. The normalized spacial score (nSPS) is 10.7. The minimum Gasteiger partial charge on any atom is -0.472 e. The molecule has 0 saturated heterocycles. The second kappa shape index (κ2) is 4.56. The van der Waals surface area contributed by atoms with Crippen molar-refractivity contribution in [1.82, 2.24) is 5.43 Å². The summed E-state index contributed by atoms with van der Waals surface area (Å²) in [5.74, 6) is -0.204. The van der Waals surface area contributed by atoms with Gasteiger partial charge in [-0.1, -0.05) is 6.07 Å². The Morgan fingerprint density at radius 2 is 2.47 bits per heavy atom. The SMILES string of the molecule is O=C(N/N=C\c1ccoc1)c1cccs1. The molecule has 1 N–H and O–H groups in total. The van der Waals surface area contributed by atoms with E-state index in [0.717, 1.165) is 5.56 Å². The number of amides is 1. The Balaban J connectivity index is 1.91. The summed E-state index contributed by atoms with van der Waals surface area (Å²) in [6.45, 7) is 0. The van der Waals surface area contributed by atoms with E-state index in [1.54, 1.807) is 24.7 Å². The highest BCUT2D eigenvalue weighted by Gasteiger charge is 2.03. The first-order valence-electron chi connectivity index (χ1n) is 4.25. The smallest absolute Gasteiger partial charge is 0.281 e. The van der Waals surface area contributed by atoms with E-state index in [-0.39, 0.29) is 5.91 Å². The zero-order valence-electron chi connectivity index (χ0n) is 7.71. The van der Waals surface area contributed by atoms with Crippen LogP contribution in [0.5, 0.6) is 0 Å². The molecule has 0 aliphatic heterocycles. The number of carbonyl (C=O) groups excluding carboxylic acids is 1. The lowest BCUT2D eigenvalue weighted by molar-refractivity contribution is 0.0959. The molecule has 0 spiro atoms. The van der Waals surface area contributed by atoms with Crippen molar-refractivity contribution in [3.63, 3.8) is 0 Å². The van der Waals surface area contributed by atoms with Crippen molar-refractivity contribution in [2.45, 2.75) is 0 Å². The van der Waals surface area contributed by atoms with Crippen molar-refractivity contribution in [3.05, 3.63) is 46.5 Å². The summed E-state index contributed by atoms with van der Waals surface area (Å²) in [4.78, 5) is 12.0. The average molecular weight is 220 g/mol. The van der Waals surface area contributed by atoms with Gasteiger partial charge in [0.05, 0.1) is 23.6 Å². The summed E-state index contributed by atoms with van der Waals surface area (Å²) in [5, 5.41) is 5.63. The fourth-order valence-electron chi connectivity index (χ4n) is 0.977. The van der Waals surface area contributed by atoms with Crippen LogP contribution in [-0.2, 0) is 0 Å². The van der Waals surface area contributed by atoms with E-state index in [1.165, 1.54) is 17.6 Å². The van der Waals surface area contributed by atoms with Crippen LogP contribution in [0.25, 0.3) is 0 Å². The summed E-state index contributed by atoms with van der Waals surface area (Å²) in [6.07, 6.45) is 4.61. The minimum absolute atomic E-state index is 0.204. The predicted molar refractivity (Wildman–Crippen MR) is 58.1 cm³/mol. The molecule has 1 amide bonds. The van der Waals surface area contributed by atoms with Gasteiger partial charge in [0.15, 0.2) is 0 Å². The molecule has 0 fully saturated rings. The molecule has 2 aromatic rings. The highest BCUT2D eigenvalue weighted by atomic mass is 32.1. The molecule has 0 aliphatic carbocycles. The molecule has 2 heterocycles. The molecule has 0 bridgehead atoms. The topological polar surface area (TPSA) is 54.6 Å². The van der Waals surface area contributed by atoms with Crippen molar-refractivity contribution >= 4 is 23.5 Å².